The Hall–Kier alpha value is -1.91. The minimum absolute atomic E-state index is 0.886. The van der Waals surface area contributed by atoms with Crippen LogP contribution in [0.1, 0.15) is 13.8 Å². The number of ether oxygens (including phenoxy) is 1. The molecule has 1 amide bonds. The average molecular weight is 296 g/mol. The van der Waals surface area contributed by atoms with Crippen molar-refractivity contribution in [2.24, 2.45) is 5.73 Å². The van der Waals surface area contributed by atoms with Gasteiger partial charge < -0.3 is 36.2 Å². The number of nitrogens with one attached hydrogen (secondary N) is 1. The predicted octanol–water partition coefficient (Wildman–Crippen LogP) is -2.04. The van der Waals surface area contributed by atoms with Crippen LogP contribution in [0, 0.1) is 0 Å². The van der Waals surface area contributed by atoms with Crippen molar-refractivity contribution in [2.75, 3.05) is 7.11 Å². The SMILES string of the molecule is COC(=O)N[C@H](C(=O)O)[C@@H](C)O.C[C@@H](O)[C@H](N)C(=O)O. The third kappa shape index (κ3) is 9.08. The molecule has 0 bridgehead atoms. The van der Waals surface area contributed by atoms with Crippen molar-refractivity contribution >= 4 is 18.0 Å². The zero-order valence-electron chi connectivity index (χ0n) is 11.3. The Morgan fingerprint density at radius 1 is 1.05 bits per heavy atom. The number of alkyl carbamates (subject to hydrolysis) is 1. The molecule has 118 valence electrons. The van der Waals surface area contributed by atoms with Gasteiger partial charge in [0.2, 0.25) is 0 Å². The molecule has 4 atom stereocenters. The van der Waals surface area contributed by atoms with Crippen LogP contribution >= 0.6 is 0 Å². The van der Waals surface area contributed by atoms with Gasteiger partial charge in [0.05, 0.1) is 19.3 Å². The first kappa shape index (κ1) is 20.4. The van der Waals surface area contributed by atoms with Crippen molar-refractivity contribution in [3.63, 3.8) is 0 Å². The van der Waals surface area contributed by atoms with Crippen molar-refractivity contribution in [3.05, 3.63) is 0 Å². The normalized spacial score (nSPS) is 15.7. The molecule has 0 aliphatic rings. The van der Waals surface area contributed by atoms with E-state index in [-0.39, 0.29) is 0 Å². The lowest BCUT2D eigenvalue weighted by Crippen LogP contribution is -2.47. The zero-order valence-corrected chi connectivity index (χ0v) is 11.3. The highest BCUT2D eigenvalue weighted by Gasteiger charge is 2.24. The predicted molar refractivity (Wildman–Crippen MR) is 65.9 cm³/mol. The maximum atomic E-state index is 10.5. The van der Waals surface area contributed by atoms with E-state index >= 15 is 0 Å². The molecule has 0 aliphatic carbocycles. The molecule has 10 heteroatoms. The third-order valence-corrected chi connectivity index (χ3v) is 2.01. The molecule has 0 aromatic rings. The fourth-order valence-electron chi connectivity index (χ4n) is 0.781. The van der Waals surface area contributed by atoms with E-state index in [1.54, 1.807) is 0 Å². The van der Waals surface area contributed by atoms with Crippen molar-refractivity contribution < 1.29 is 39.5 Å². The lowest BCUT2D eigenvalue weighted by molar-refractivity contribution is -0.142. The molecule has 0 aromatic heterocycles. The summed E-state index contributed by atoms with van der Waals surface area (Å²) in [5.41, 5.74) is 4.91. The summed E-state index contributed by atoms with van der Waals surface area (Å²) in [7, 11) is 1.11. The van der Waals surface area contributed by atoms with E-state index in [2.05, 4.69) is 4.74 Å². The Morgan fingerprint density at radius 2 is 1.50 bits per heavy atom. The number of carbonyl (C=O) groups is 3. The number of amides is 1. The van der Waals surface area contributed by atoms with Gasteiger partial charge in [-0.25, -0.2) is 9.59 Å². The molecule has 7 N–H and O–H groups in total. The molecule has 0 unspecified atom stereocenters. The summed E-state index contributed by atoms with van der Waals surface area (Å²) < 4.78 is 4.16. The number of hydrogen-bond donors (Lipinski definition) is 6. The summed E-state index contributed by atoms with van der Waals surface area (Å²) in [5.74, 6) is -2.49. The molecular weight excluding hydrogens is 276 g/mol. The van der Waals surface area contributed by atoms with Crippen LogP contribution in [-0.2, 0) is 14.3 Å². The lowest BCUT2D eigenvalue weighted by atomic mass is 10.2. The van der Waals surface area contributed by atoms with Crippen LogP contribution in [0.3, 0.4) is 0 Å². The van der Waals surface area contributed by atoms with Crippen LogP contribution in [0.25, 0.3) is 0 Å². The standard InChI is InChI=1S/C6H11NO5.C4H9NO3/c1-3(8)4(5(9)10)7-6(11)12-2;1-2(6)3(5)4(7)8/h3-4,8H,1-2H3,(H,7,11)(H,9,10);2-3,6H,5H2,1H3,(H,7,8)/t3-,4+;2-,3+/m11/s1. The van der Waals surface area contributed by atoms with Gasteiger partial charge in [0.1, 0.15) is 6.04 Å². The first-order chi connectivity index (χ1) is 9.04. The summed E-state index contributed by atoms with van der Waals surface area (Å²) >= 11 is 0. The maximum Gasteiger partial charge on any atom is 0.407 e. The number of aliphatic carboxylic acids is 2. The Kier molecular flexibility index (Phi) is 10.2. The highest BCUT2D eigenvalue weighted by atomic mass is 16.5. The van der Waals surface area contributed by atoms with Crippen LogP contribution in [0.5, 0.6) is 0 Å². The van der Waals surface area contributed by atoms with Gasteiger partial charge in [-0.05, 0) is 13.8 Å². The average Bonchev–Trinajstić information content (AvgIpc) is 2.34. The molecule has 0 radical (unpaired) electrons. The molecule has 0 aromatic carbocycles. The molecule has 0 saturated carbocycles. The van der Waals surface area contributed by atoms with E-state index in [9.17, 15) is 14.4 Å². The van der Waals surface area contributed by atoms with Gasteiger partial charge in [-0.3, -0.25) is 4.79 Å². The zero-order chi connectivity index (χ0) is 16.5. The molecule has 0 heterocycles. The highest BCUT2D eigenvalue weighted by molar-refractivity contribution is 5.80. The number of carbonyl (C=O) groups excluding carboxylic acids is 1. The van der Waals surface area contributed by atoms with Crippen LogP contribution in [-0.4, -0.2) is 69.9 Å². The number of hydrogen-bond acceptors (Lipinski definition) is 7. The number of aliphatic hydroxyl groups is 2. The molecular formula is C10H20N2O8. The second-order valence-corrected chi connectivity index (χ2v) is 3.80. The first-order valence-electron chi connectivity index (χ1n) is 5.46. The minimum Gasteiger partial charge on any atom is -0.480 e. The lowest BCUT2D eigenvalue weighted by Gasteiger charge is -2.15. The van der Waals surface area contributed by atoms with Gasteiger partial charge in [-0.1, -0.05) is 0 Å². The first-order valence-corrected chi connectivity index (χ1v) is 5.46. The smallest absolute Gasteiger partial charge is 0.407 e. The van der Waals surface area contributed by atoms with Crippen LogP contribution in [0.4, 0.5) is 4.79 Å². The Balaban J connectivity index is 0. The summed E-state index contributed by atoms with van der Waals surface area (Å²) in [5, 5.41) is 35.8. The Labute approximate surface area is 115 Å². The van der Waals surface area contributed by atoms with Crippen molar-refractivity contribution in [1.82, 2.24) is 5.32 Å². The summed E-state index contributed by atoms with van der Waals surface area (Å²) in [6.07, 6.45) is -3.03. The second-order valence-electron chi connectivity index (χ2n) is 3.80. The van der Waals surface area contributed by atoms with E-state index in [0.29, 0.717) is 0 Å². The van der Waals surface area contributed by atoms with Gasteiger partial charge in [-0.15, -0.1) is 0 Å². The largest absolute Gasteiger partial charge is 0.480 e. The molecule has 0 rings (SSSR count). The number of aliphatic hydroxyl groups excluding tert-OH is 2. The third-order valence-electron chi connectivity index (χ3n) is 2.01. The summed E-state index contributed by atoms with van der Waals surface area (Å²) in [6, 6.07) is -2.49. The van der Waals surface area contributed by atoms with E-state index in [0.717, 1.165) is 7.11 Å². The fourth-order valence-corrected chi connectivity index (χ4v) is 0.781. The quantitative estimate of drug-likeness (QED) is 0.333. The van der Waals surface area contributed by atoms with Gasteiger partial charge in [-0.2, -0.15) is 0 Å². The Bertz CT molecular complexity index is 331. The maximum absolute atomic E-state index is 10.5. The van der Waals surface area contributed by atoms with Crippen LogP contribution < -0.4 is 11.1 Å². The minimum atomic E-state index is -1.34. The van der Waals surface area contributed by atoms with Crippen molar-refractivity contribution in [3.8, 4) is 0 Å². The molecule has 0 spiro atoms. The van der Waals surface area contributed by atoms with Crippen molar-refractivity contribution in [1.29, 1.82) is 0 Å². The molecule has 0 aliphatic heterocycles. The van der Waals surface area contributed by atoms with Gasteiger partial charge in [0.15, 0.2) is 6.04 Å². The topological polar surface area (TPSA) is 179 Å². The van der Waals surface area contributed by atoms with Crippen LogP contribution in [0.15, 0.2) is 0 Å². The Morgan fingerprint density at radius 3 is 1.65 bits per heavy atom. The van der Waals surface area contributed by atoms with E-state index < -0.39 is 42.3 Å². The molecule has 10 nitrogen and oxygen atoms in total. The second kappa shape index (κ2) is 9.95. The van der Waals surface area contributed by atoms with Gasteiger partial charge in [0.25, 0.3) is 0 Å². The molecule has 0 saturated heterocycles. The van der Waals surface area contributed by atoms with Gasteiger partial charge in [0, 0.05) is 0 Å². The van der Waals surface area contributed by atoms with Crippen LogP contribution in [0.2, 0.25) is 0 Å². The summed E-state index contributed by atoms with van der Waals surface area (Å²) in [4.78, 5) is 30.7. The monoisotopic (exact) mass is 296 g/mol. The van der Waals surface area contributed by atoms with E-state index in [1.807, 2.05) is 5.32 Å². The fraction of sp³-hybridized carbons (Fsp3) is 0.700. The number of methoxy groups -OCH3 is 1. The molecule has 0 fully saturated rings. The van der Waals surface area contributed by atoms with Gasteiger partial charge >= 0.3 is 18.0 Å². The number of carboxylic acids is 2. The van der Waals surface area contributed by atoms with Crippen molar-refractivity contribution in [2.45, 2.75) is 38.1 Å². The van der Waals surface area contributed by atoms with E-state index in [4.69, 9.17) is 26.2 Å². The number of rotatable bonds is 5. The molecule has 20 heavy (non-hydrogen) atoms. The highest BCUT2D eigenvalue weighted by Crippen LogP contribution is 1.93. The summed E-state index contributed by atoms with van der Waals surface area (Å²) in [6.45, 7) is 2.59. The van der Waals surface area contributed by atoms with E-state index in [1.165, 1.54) is 13.8 Å². The number of carboxylic acid groups (broad SMARTS) is 2. The number of nitrogens with two attached hydrogens (primary N) is 1.